The van der Waals surface area contributed by atoms with Gasteiger partial charge in [0.1, 0.15) is 5.76 Å². The number of amides is 1. The van der Waals surface area contributed by atoms with Crippen molar-refractivity contribution in [3.8, 4) is 0 Å². The van der Waals surface area contributed by atoms with Gasteiger partial charge in [-0.3, -0.25) is 19.7 Å². The summed E-state index contributed by atoms with van der Waals surface area (Å²) in [7, 11) is 0. The van der Waals surface area contributed by atoms with E-state index in [-0.39, 0.29) is 22.6 Å². The molecule has 2 aromatic rings. The highest BCUT2D eigenvalue weighted by Gasteiger charge is 2.42. The van der Waals surface area contributed by atoms with Crippen molar-refractivity contribution < 1.29 is 19.6 Å². The van der Waals surface area contributed by atoms with Crippen LogP contribution in [0.1, 0.15) is 17.2 Å². The average Bonchev–Trinajstić information content (AvgIpc) is 2.90. The summed E-state index contributed by atoms with van der Waals surface area (Å²) in [6, 6.07) is 11.1. The van der Waals surface area contributed by atoms with Crippen LogP contribution in [0, 0.1) is 10.1 Å². The van der Waals surface area contributed by atoms with Gasteiger partial charge in [0.05, 0.1) is 22.1 Å². The number of hydrogen-bond donors (Lipinski definition) is 2. The number of Topliss-reactive ketones (excluding diaryl/α,β-unsaturated/α-hetero) is 1. The van der Waals surface area contributed by atoms with E-state index < -0.39 is 22.7 Å². The molecule has 2 N–H and O–H groups in total. The van der Waals surface area contributed by atoms with E-state index >= 15 is 0 Å². The number of nitro groups is 1. The number of hydrogen-bond acceptors (Lipinski definition) is 5. The summed E-state index contributed by atoms with van der Waals surface area (Å²) in [6.45, 7) is 0. The van der Waals surface area contributed by atoms with Gasteiger partial charge in [0.15, 0.2) is 0 Å². The zero-order chi connectivity index (χ0) is 18.1. The lowest BCUT2D eigenvalue weighted by Crippen LogP contribution is -2.21. The molecule has 0 unspecified atom stereocenters. The summed E-state index contributed by atoms with van der Waals surface area (Å²) >= 11 is 3.27. The van der Waals surface area contributed by atoms with Gasteiger partial charge in [-0.2, -0.15) is 0 Å². The second-order valence-electron chi connectivity index (χ2n) is 5.32. The predicted molar refractivity (Wildman–Crippen MR) is 92.7 cm³/mol. The van der Waals surface area contributed by atoms with Crippen LogP contribution < -0.4 is 5.32 Å². The molecule has 0 aromatic heterocycles. The zero-order valence-corrected chi connectivity index (χ0v) is 14.2. The van der Waals surface area contributed by atoms with Gasteiger partial charge in [0, 0.05) is 16.1 Å². The first-order chi connectivity index (χ1) is 11.9. The lowest BCUT2D eigenvalue weighted by Gasteiger charge is -2.13. The number of aliphatic hydroxyl groups is 1. The van der Waals surface area contributed by atoms with E-state index in [0.29, 0.717) is 5.56 Å². The lowest BCUT2D eigenvalue weighted by molar-refractivity contribution is -0.385. The molecule has 3 rings (SSSR count). The highest BCUT2D eigenvalue weighted by atomic mass is 79.9. The molecule has 1 aliphatic rings. The summed E-state index contributed by atoms with van der Waals surface area (Å²) < 4.78 is 0.774. The molecule has 1 saturated heterocycles. The molecule has 1 aliphatic heterocycles. The van der Waals surface area contributed by atoms with Gasteiger partial charge >= 0.3 is 0 Å². The summed E-state index contributed by atoms with van der Waals surface area (Å²) in [4.78, 5) is 34.7. The number of nitro benzene ring substituents is 1. The predicted octanol–water partition coefficient (Wildman–Crippen LogP) is 3.07. The number of nitrogens with one attached hydrogen (secondary N) is 1. The van der Waals surface area contributed by atoms with Crippen LogP contribution in [-0.4, -0.2) is 21.7 Å². The van der Waals surface area contributed by atoms with E-state index in [4.69, 9.17) is 0 Å². The summed E-state index contributed by atoms with van der Waals surface area (Å²) in [5.41, 5.74) is 0.00206. The van der Waals surface area contributed by atoms with E-state index in [9.17, 15) is 24.8 Å². The average molecular weight is 403 g/mol. The molecule has 7 nitrogen and oxygen atoms in total. The third-order valence-corrected chi connectivity index (χ3v) is 4.36. The number of ketones is 1. The van der Waals surface area contributed by atoms with Crippen LogP contribution in [-0.2, 0) is 9.59 Å². The third kappa shape index (κ3) is 3.03. The van der Waals surface area contributed by atoms with Crippen molar-refractivity contribution in [2.75, 3.05) is 0 Å². The van der Waals surface area contributed by atoms with Crippen LogP contribution in [0.3, 0.4) is 0 Å². The van der Waals surface area contributed by atoms with Crippen molar-refractivity contribution in [3.63, 3.8) is 0 Å². The number of rotatable bonds is 3. The Labute approximate surface area is 150 Å². The van der Waals surface area contributed by atoms with Gasteiger partial charge in [-0.25, -0.2) is 0 Å². The Morgan fingerprint density at radius 3 is 2.40 bits per heavy atom. The Bertz CT molecular complexity index is 921. The molecule has 8 heteroatoms. The van der Waals surface area contributed by atoms with Crippen LogP contribution in [0.15, 0.2) is 58.6 Å². The number of halogens is 1. The highest BCUT2D eigenvalue weighted by Crippen LogP contribution is 2.36. The van der Waals surface area contributed by atoms with Crippen LogP contribution >= 0.6 is 15.9 Å². The fourth-order valence-electron chi connectivity index (χ4n) is 2.66. The Balaban J connectivity index is 2.18. The van der Waals surface area contributed by atoms with Crippen LogP contribution in [0.5, 0.6) is 0 Å². The molecule has 0 radical (unpaired) electrons. The van der Waals surface area contributed by atoms with Gasteiger partial charge in [-0.05, 0) is 18.2 Å². The Morgan fingerprint density at radius 1 is 1.12 bits per heavy atom. The topological polar surface area (TPSA) is 110 Å². The zero-order valence-electron chi connectivity index (χ0n) is 12.6. The molecule has 25 heavy (non-hydrogen) atoms. The Morgan fingerprint density at radius 2 is 1.76 bits per heavy atom. The quantitative estimate of drug-likeness (QED) is 0.269. The van der Waals surface area contributed by atoms with Gasteiger partial charge in [-0.15, -0.1) is 0 Å². The summed E-state index contributed by atoms with van der Waals surface area (Å²) in [5, 5.41) is 24.2. The number of para-hydroxylation sites is 1. The van der Waals surface area contributed by atoms with Gasteiger partial charge in [-0.1, -0.05) is 40.2 Å². The maximum Gasteiger partial charge on any atom is 0.293 e. The minimum Gasteiger partial charge on any atom is -0.507 e. The van der Waals surface area contributed by atoms with Crippen molar-refractivity contribution in [3.05, 3.63) is 79.8 Å². The van der Waals surface area contributed by atoms with Crippen molar-refractivity contribution in [1.82, 2.24) is 5.32 Å². The molecular formula is C17H11BrN2O5. The number of benzene rings is 2. The normalized spacial score (nSPS) is 18.8. The molecule has 0 saturated carbocycles. The molecule has 0 bridgehead atoms. The summed E-state index contributed by atoms with van der Waals surface area (Å²) in [6.07, 6.45) is 0. The second-order valence-corrected chi connectivity index (χ2v) is 6.24. The van der Waals surface area contributed by atoms with Crippen molar-refractivity contribution in [2.45, 2.75) is 6.04 Å². The fraction of sp³-hybridized carbons (Fsp3) is 0.0588. The number of nitrogens with zero attached hydrogens (tertiary/aromatic N) is 1. The minimum atomic E-state index is -1.09. The molecule has 126 valence electrons. The second kappa shape index (κ2) is 6.48. The molecule has 1 atom stereocenters. The van der Waals surface area contributed by atoms with Gasteiger partial charge < -0.3 is 10.4 Å². The molecular weight excluding hydrogens is 392 g/mol. The van der Waals surface area contributed by atoms with E-state index in [0.717, 1.165) is 4.47 Å². The van der Waals surface area contributed by atoms with Crippen LogP contribution in [0.25, 0.3) is 5.76 Å². The first kappa shape index (κ1) is 16.8. The largest absolute Gasteiger partial charge is 0.507 e. The highest BCUT2D eigenvalue weighted by molar-refractivity contribution is 9.10. The third-order valence-electron chi connectivity index (χ3n) is 3.83. The first-order valence-corrected chi connectivity index (χ1v) is 7.97. The SMILES string of the molecule is O=C1N[C@H](c2ccccc2[N+](=O)[O-])/C(=C(\O)c2ccc(Br)cc2)C1=O. The van der Waals surface area contributed by atoms with E-state index in [1.54, 1.807) is 30.3 Å². The monoisotopic (exact) mass is 402 g/mol. The first-order valence-electron chi connectivity index (χ1n) is 7.17. The minimum absolute atomic E-state index is 0.130. The van der Waals surface area contributed by atoms with Crippen molar-refractivity contribution >= 4 is 39.1 Å². The Kier molecular flexibility index (Phi) is 4.37. The van der Waals surface area contributed by atoms with Crippen molar-refractivity contribution in [1.29, 1.82) is 0 Å². The number of carbonyl (C=O) groups excluding carboxylic acids is 2. The van der Waals surface area contributed by atoms with Gasteiger partial charge in [0.25, 0.3) is 17.4 Å². The van der Waals surface area contributed by atoms with Crippen LogP contribution in [0.4, 0.5) is 5.69 Å². The maximum absolute atomic E-state index is 12.2. The van der Waals surface area contributed by atoms with E-state index in [1.165, 1.54) is 18.2 Å². The summed E-state index contributed by atoms with van der Waals surface area (Å²) in [5.74, 6) is -2.22. The standard InChI is InChI=1S/C17H11BrN2O5/c18-10-7-5-9(6-8-10)15(21)13-14(19-17(23)16(13)22)11-3-1-2-4-12(11)20(24)25/h1-8,14,21H,(H,19,23)/b15-13+/t14-/m1/s1. The van der Waals surface area contributed by atoms with Crippen molar-refractivity contribution in [2.24, 2.45) is 0 Å². The molecule has 0 spiro atoms. The Hall–Kier alpha value is -3.00. The molecule has 1 fully saturated rings. The smallest absolute Gasteiger partial charge is 0.293 e. The maximum atomic E-state index is 12.2. The fourth-order valence-corrected chi connectivity index (χ4v) is 2.93. The lowest BCUT2D eigenvalue weighted by atomic mass is 9.95. The van der Waals surface area contributed by atoms with E-state index in [1.807, 2.05) is 0 Å². The molecule has 1 amide bonds. The molecule has 2 aromatic carbocycles. The number of aliphatic hydroxyl groups excluding tert-OH is 1. The van der Waals surface area contributed by atoms with Gasteiger partial charge in [0.2, 0.25) is 0 Å². The van der Waals surface area contributed by atoms with E-state index in [2.05, 4.69) is 21.2 Å². The van der Waals surface area contributed by atoms with Crippen LogP contribution in [0.2, 0.25) is 0 Å². The molecule has 0 aliphatic carbocycles. The molecule has 1 heterocycles. The number of carbonyl (C=O) groups is 2.